The van der Waals surface area contributed by atoms with Gasteiger partial charge < -0.3 is 18.7 Å². The Morgan fingerprint density at radius 2 is 0.907 bits per heavy atom. The van der Waals surface area contributed by atoms with Crippen LogP contribution in [-0.4, -0.2) is 34.1 Å². The van der Waals surface area contributed by atoms with E-state index in [4.69, 9.17) is 13.6 Å². The molecule has 7 heteroatoms. The Morgan fingerprint density at radius 3 is 1.30 bits per heavy atom. The van der Waals surface area contributed by atoms with Gasteiger partial charge in [-0.1, -0.05) is 193 Å². The van der Waals surface area contributed by atoms with Crippen molar-refractivity contribution in [2.75, 3.05) is 6.61 Å². The molecule has 0 aliphatic rings. The van der Waals surface area contributed by atoms with Gasteiger partial charge in [0.15, 0.2) is 5.78 Å². The molecule has 0 saturated heterocycles. The lowest BCUT2D eigenvalue weighted by Crippen LogP contribution is -2.69. The molecule has 0 aromatic heterocycles. The van der Waals surface area contributed by atoms with Gasteiger partial charge in [0.1, 0.15) is 29.4 Å². The Labute approximate surface area is 322 Å². The molecule has 0 amide bonds. The van der Waals surface area contributed by atoms with Crippen molar-refractivity contribution in [2.24, 2.45) is 0 Å². The lowest BCUT2D eigenvalue weighted by atomic mass is 10.1. The predicted octanol–water partition coefficient (Wildman–Crippen LogP) is 8.67. The number of hydrogen-bond acceptors (Lipinski definition) is 5. The molecule has 0 unspecified atom stereocenters. The number of Topliss-reactive ketones (excluding diaryl/α,β-unsaturated/α-hetero) is 1. The first-order valence-electron chi connectivity index (χ1n) is 18.5. The molecule has 6 aromatic rings. The molecular weight excluding hydrogens is 701 g/mol. The fourth-order valence-electron chi connectivity index (χ4n) is 7.54. The van der Waals surface area contributed by atoms with Crippen LogP contribution in [-0.2, 0) is 11.3 Å². The van der Waals surface area contributed by atoms with Gasteiger partial charge in [0.25, 0.3) is 0 Å². The number of phenolic OH excluding ortho intramolecular Hbond substituents is 1. The second-order valence-electron chi connectivity index (χ2n) is 15.7. The summed E-state index contributed by atoms with van der Waals surface area (Å²) in [5, 5.41) is 15.5. The largest absolute Gasteiger partial charge is 0.534 e. The van der Waals surface area contributed by atoms with Gasteiger partial charge in [-0.05, 0) is 36.4 Å². The molecule has 0 atom stereocenters. The number of hydrogen-bond donors (Lipinski definition) is 1. The maximum atomic E-state index is 14.3. The van der Waals surface area contributed by atoms with Crippen molar-refractivity contribution in [3.05, 3.63) is 175 Å². The molecular formula is C47H50O5Si2. The van der Waals surface area contributed by atoms with Crippen LogP contribution in [0.15, 0.2) is 164 Å². The van der Waals surface area contributed by atoms with Crippen molar-refractivity contribution in [1.29, 1.82) is 0 Å². The van der Waals surface area contributed by atoms with Crippen LogP contribution in [0.2, 0.25) is 10.1 Å². The molecule has 5 nitrogen and oxygen atoms in total. The average Bonchev–Trinajstić information content (AvgIpc) is 3.16. The third-order valence-corrected chi connectivity index (χ3v) is 19.9. The Morgan fingerprint density at radius 1 is 0.537 bits per heavy atom. The lowest BCUT2D eigenvalue weighted by Gasteiger charge is -2.44. The quantitative estimate of drug-likeness (QED) is 0.0946. The van der Waals surface area contributed by atoms with Crippen LogP contribution in [0.3, 0.4) is 0 Å². The zero-order chi connectivity index (χ0) is 38.4. The lowest BCUT2D eigenvalue weighted by molar-refractivity contribution is 0.0722. The standard InChI is InChI=1S/C47H50O5Si2/c1-46(2,3)53(38-24-14-8-15-25-38,39-26-16-9-17-27-39)51-37-32-42(48)45(43(49)35-50-34-36-22-12-7-13-23-36)44(33-37)52-54(47(4,5)6,40-28-18-10-19-29-40)41-30-20-11-21-31-41/h7-33,48H,34-35H2,1-6H3. The van der Waals surface area contributed by atoms with Crippen LogP contribution >= 0.6 is 0 Å². The van der Waals surface area contributed by atoms with E-state index < -0.39 is 21.7 Å². The van der Waals surface area contributed by atoms with Crippen LogP contribution in [0.25, 0.3) is 0 Å². The van der Waals surface area contributed by atoms with Crippen LogP contribution in [0.1, 0.15) is 57.5 Å². The first-order valence-corrected chi connectivity index (χ1v) is 22.3. The van der Waals surface area contributed by atoms with Crippen molar-refractivity contribution < 1.29 is 23.5 Å². The number of aromatic hydroxyl groups is 1. The Hall–Kier alpha value is -5.22. The van der Waals surface area contributed by atoms with E-state index in [0.29, 0.717) is 5.75 Å². The summed E-state index contributed by atoms with van der Waals surface area (Å²) in [6.45, 7) is 13.2. The van der Waals surface area contributed by atoms with E-state index in [0.717, 1.165) is 26.3 Å². The van der Waals surface area contributed by atoms with E-state index in [1.807, 2.05) is 109 Å². The molecule has 6 rings (SSSR count). The summed E-state index contributed by atoms with van der Waals surface area (Å²) in [5.74, 6) is 0.0991. The van der Waals surface area contributed by atoms with Gasteiger partial charge >= 0.3 is 16.6 Å². The molecule has 0 bridgehead atoms. The third kappa shape index (κ3) is 7.71. The summed E-state index contributed by atoms with van der Waals surface area (Å²) in [5.41, 5.74) is 1.03. The number of rotatable bonds is 13. The van der Waals surface area contributed by atoms with E-state index >= 15 is 0 Å². The van der Waals surface area contributed by atoms with E-state index in [1.54, 1.807) is 6.07 Å². The second kappa shape index (κ2) is 16.0. The van der Waals surface area contributed by atoms with E-state index in [1.165, 1.54) is 0 Å². The minimum atomic E-state index is -3.27. The zero-order valence-electron chi connectivity index (χ0n) is 32.1. The van der Waals surface area contributed by atoms with Gasteiger partial charge in [0, 0.05) is 12.1 Å². The number of benzene rings is 6. The highest BCUT2D eigenvalue weighted by Gasteiger charge is 2.54. The van der Waals surface area contributed by atoms with E-state index in [-0.39, 0.29) is 41.1 Å². The van der Waals surface area contributed by atoms with Crippen LogP contribution < -0.4 is 29.6 Å². The molecule has 1 N–H and O–H groups in total. The maximum Gasteiger partial charge on any atom is 0.319 e. The van der Waals surface area contributed by atoms with Crippen molar-refractivity contribution in [2.45, 2.75) is 58.2 Å². The zero-order valence-corrected chi connectivity index (χ0v) is 34.1. The third-order valence-electron chi connectivity index (χ3n) is 10.0. The summed E-state index contributed by atoms with van der Waals surface area (Å²) < 4.78 is 20.9. The smallest absolute Gasteiger partial charge is 0.319 e. The molecule has 0 heterocycles. The summed E-state index contributed by atoms with van der Waals surface area (Å²) in [6, 6.07) is 54.4. The molecule has 0 aliphatic heterocycles. The van der Waals surface area contributed by atoms with E-state index in [2.05, 4.69) is 90.1 Å². The SMILES string of the molecule is CC(C)(C)[Si](Oc1cc(O)c(C(=O)COCc2ccccc2)c(O[Si](c2ccccc2)(c2ccccc2)C(C)(C)C)c1)(c1ccccc1)c1ccccc1. The van der Waals surface area contributed by atoms with Crippen molar-refractivity contribution in [1.82, 2.24) is 0 Å². The van der Waals surface area contributed by atoms with Crippen LogP contribution in [0.5, 0.6) is 17.2 Å². The Kier molecular flexibility index (Phi) is 11.4. The fourth-order valence-corrected chi connectivity index (χ4v) is 16.4. The molecule has 0 saturated carbocycles. The maximum absolute atomic E-state index is 14.3. The molecule has 54 heavy (non-hydrogen) atoms. The number of phenols is 1. The molecule has 6 aromatic carbocycles. The van der Waals surface area contributed by atoms with Crippen molar-refractivity contribution in [3.63, 3.8) is 0 Å². The highest BCUT2D eigenvalue weighted by atomic mass is 28.4. The van der Waals surface area contributed by atoms with Gasteiger partial charge in [-0.3, -0.25) is 4.79 Å². The Balaban J connectivity index is 1.56. The van der Waals surface area contributed by atoms with Gasteiger partial charge in [0.05, 0.1) is 6.61 Å². The molecule has 0 spiro atoms. The highest BCUT2D eigenvalue weighted by Crippen LogP contribution is 2.44. The first-order chi connectivity index (χ1) is 25.9. The second-order valence-corrected chi connectivity index (χ2v) is 24.2. The summed E-state index contributed by atoms with van der Waals surface area (Å²) in [6.07, 6.45) is 0. The molecule has 0 radical (unpaired) electrons. The molecule has 0 fully saturated rings. The Bertz CT molecular complexity index is 2050. The summed E-state index contributed by atoms with van der Waals surface area (Å²) in [7, 11) is -6.40. The van der Waals surface area contributed by atoms with E-state index in [9.17, 15) is 9.90 Å². The number of carbonyl (C=O) groups excluding carboxylic acids is 1. The van der Waals surface area contributed by atoms with Crippen molar-refractivity contribution >= 4 is 43.2 Å². The van der Waals surface area contributed by atoms with Gasteiger partial charge in [-0.15, -0.1) is 0 Å². The molecule has 0 aliphatic carbocycles. The minimum absolute atomic E-state index is 0.0749. The molecule has 276 valence electrons. The monoisotopic (exact) mass is 750 g/mol. The highest BCUT2D eigenvalue weighted by molar-refractivity contribution is 7.00. The number of carbonyl (C=O) groups is 1. The van der Waals surface area contributed by atoms with Crippen LogP contribution in [0.4, 0.5) is 0 Å². The van der Waals surface area contributed by atoms with Gasteiger partial charge in [-0.2, -0.15) is 0 Å². The van der Waals surface area contributed by atoms with Gasteiger partial charge in [0.2, 0.25) is 0 Å². The topological polar surface area (TPSA) is 65.0 Å². The first kappa shape index (κ1) is 38.5. The van der Waals surface area contributed by atoms with Gasteiger partial charge in [-0.25, -0.2) is 0 Å². The average molecular weight is 751 g/mol. The number of ether oxygens (including phenoxy) is 1. The minimum Gasteiger partial charge on any atom is -0.534 e. The predicted molar refractivity (Wildman–Crippen MR) is 225 cm³/mol. The normalized spacial score (nSPS) is 12.3. The van der Waals surface area contributed by atoms with Crippen LogP contribution in [0, 0.1) is 0 Å². The summed E-state index contributed by atoms with van der Waals surface area (Å²) >= 11 is 0. The summed E-state index contributed by atoms with van der Waals surface area (Å²) in [4.78, 5) is 14.3. The van der Waals surface area contributed by atoms with Crippen molar-refractivity contribution in [3.8, 4) is 17.2 Å². The number of ketones is 1. The fraction of sp³-hybridized carbons (Fsp3) is 0.213.